The minimum absolute atomic E-state index is 0.0587. The van der Waals surface area contributed by atoms with Crippen molar-refractivity contribution in [3.63, 3.8) is 0 Å². The van der Waals surface area contributed by atoms with Gasteiger partial charge in [0, 0.05) is 17.8 Å². The van der Waals surface area contributed by atoms with Crippen LogP contribution in [0.5, 0.6) is 0 Å². The Bertz CT molecular complexity index is 1220. The number of ketones is 1. The summed E-state index contributed by atoms with van der Waals surface area (Å²) < 4.78 is 7.40. The molecule has 32 heavy (non-hydrogen) atoms. The highest BCUT2D eigenvalue weighted by atomic mass is 32.2. The zero-order valence-electron chi connectivity index (χ0n) is 17.7. The second-order valence-corrected chi connectivity index (χ2v) is 8.13. The van der Waals surface area contributed by atoms with E-state index in [9.17, 15) is 9.59 Å². The molecule has 162 valence electrons. The molecule has 7 nitrogen and oxygen atoms in total. The molecule has 1 atom stereocenters. The van der Waals surface area contributed by atoms with E-state index in [0.29, 0.717) is 34.5 Å². The SMILES string of the molecule is CCn1c(SC(C(=O)Nc2cccc(C(C)=O)c2)c2ccccc2)nnc1-c1ccco1. The highest BCUT2D eigenvalue weighted by Crippen LogP contribution is 2.37. The Hall–Kier alpha value is -3.65. The highest BCUT2D eigenvalue weighted by Gasteiger charge is 2.26. The Kier molecular flexibility index (Phi) is 6.51. The maximum atomic E-state index is 13.3. The lowest BCUT2D eigenvalue weighted by molar-refractivity contribution is -0.115. The third-order valence-electron chi connectivity index (χ3n) is 4.87. The number of furan rings is 1. The summed E-state index contributed by atoms with van der Waals surface area (Å²) in [4.78, 5) is 25.0. The van der Waals surface area contributed by atoms with Crippen molar-refractivity contribution in [2.75, 3.05) is 5.32 Å². The van der Waals surface area contributed by atoms with Crippen LogP contribution in [0.4, 0.5) is 5.69 Å². The molecule has 2 heterocycles. The van der Waals surface area contributed by atoms with Crippen molar-refractivity contribution in [2.24, 2.45) is 0 Å². The Morgan fingerprint density at radius 3 is 2.56 bits per heavy atom. The summed E-state index contributed by atoms with van der Waals surface area (Å²) in [6, 6.07) is 20.0. The fraction of sp³-hybridized carbons (Fsp3) is 0.167. The quantitative estimate of drug-likeness (QED) is 0.294. The van der Waals surface area contributed by atoms with Gasteiger partial charge in [0.2, 0.25) is 5.91 Å². The van der Waals surface area contributed by atoms with Crippen molar-refractivity contribution >= 4 is 29.1 Å². The third kappa shape index (κ3) is 4.65. The zero-order valence-corrected chi connectivity index (χ0v) is 18.5. The van der Waals surface area contributed by atoms with E-state index >= 15 is 0 Å². The van der Waals surface area contributed by atoms with E-state index in [2.05, 4.69) is 15.5 Å². The monoisotopic (exact) mass is 446 g/mol. The smallest absolute Gasteiger partial charge is 0.242 e. The largest absolute Gasteiger partial charge is 0.461 e. The topological polar surface area (TPSA) is 90.0 Å². The number of thioether (sulfide) groups is 1. The Morgan fingerprint density at radius 2 is 1.88 bits per heavy atom. The minimum atomic E-state index is -0.573. The number of aromatic nitrogens is 3. The Morgan fingerprint density at radius 1 is 1.06 bits per heavy atom. The number of carbonyl (C=O) groups is 2. The molecule has 2 aromatic carbocycles. The molecule has 0 radical (unpaired) electrons. The van der Waals surface area contributed by atoms with Gasteiger partial charge in [0.25, 0.3) is 0 Å². The van der Waals surface area contributed by atoms with Gasteiger partial charge in [-0.25, -0.2) is 0 Å². The van der Waals surface area contributed by atoms with E-state index in [4.69, 9.17) is 4.42 Å². The maximum Gasteiger partial charge on any atom is 0.242 e. The van der Waals surface area contributed by atoms with Crippen molar-refractivity contribution in [1.29, 1.82) is 0 Å². The van der Waals surface area contributed by atoms with Gasteiger partial charge in [-0.3, -0.25) is 14.2 Å². The molecule has 0 aliphatic rings. The average Bonchev–Trinajstić information content (AvgIpc) is 3.47. The van der Waals surface area contributed by atoms with Crippen molar-refractivity contribution in [3.05, 3.63) is 84.1 Å². The number of hydrogen-bond acceptors (Lipinski definition) is 6. The molecule has 0 aliphatic heterocycles. The number of benzene rings is 2. The number of rotatable bonds is 8. The number of Topliss-reactive ketones (excluding diaryl/α,β-unsaturated/α-hetero) is 1. The number of amides is 1. The fourth-order valence-electron chi connectivity index (χ4n) is 3.28. The van der Waals surface area contributed by atoms with Crippen LogP contribution in [-0.2, 0) is 11.3 Å². The first-order valence-electron chi connectivity index (χ1n) is 10.2. The van der Waals surface area contributed by atoms with Crippen LogP contribution in [0, 0.1) is 0 Å². The summed E-state index contributed by atoms with van der Waals surface area (Å²) in [6.45, 7) is 4.11. The molecule has 1 amide bonds. The lowest BCUT2D eigenvalue weighted by Gasteiger charge is -2.17. The van der Waals surface area contributed by atoms with Gasteiger partial charge in [-0.05, 0) is 43.7 Å². The third-order valence-corrected chi connectivity index (χ3v) is 6.11. The van der Waals surface area contributed by atoms with Gasteiger partial charge in [0.15, 0.2) is 22.5 Å². The molecule has 4 aromatic rings. The van der Waals surface area contributed by atoms with E-state index < -0.39 is 5.25 Å². The molecule has 1 N–H and O–H groups in total. The van der Waals surface area contributed by atoms with Crippen LogP contribution in [0.15, 0.2) is 82.6 Å². The van der Waals surface area contributed by atoms with E-state index in [1.54, 1.807) is 36.6 Å². The number of anilines is 1. The molecular formula is C24H22N4O3S. The number of nitrogens with one attached hydrogen (secondary N) is 1. The molecule has 0 saturated carbocycles. The standard InChI is InChI=1S/C24H22N4O3S/c1-3-28-22(20-13-8-14-31-20)26-27-24(28)32-21(17-9-5-4-6-10-17)23(30)25-19-12-7-11-18(15-19)16(2)29/h4-15,21H,3H2,1-2H3,(H,25,30). The van der Waals surface area contributed by atoms with E-state index in [0.717, 1.165) is 5.56 Å². The summed E-state index contributed by atoms with van der Waals surface area (Å²) in [5, 5.41) is 11.6. The van der Waals surface area contributed by atoms with Gasteiger partial charge in [0.1, 0.15) is 5.25 Å². The van der Waals surface area contributed by atoms with Gasteiger partial charge < -0.3 is 9.73 Å². The summed E-state index contributed by atoms with van der Waals surface area (Å²) in [5.74, 6) is 0.957. The van der Waals surface area contributed by atoms with Gasteiger partial charge >= 0.3 is 0 Å². The number of carbonyl (C=O) groups excluding carboxylic acids is 2. The van der Waals surface area contributed by atoms with Crippen LogP contribution in [0.3, 0.4) is 0 Å². The maximum absolute atomic E-state index is 13.3. The number of nitrogens with zero attached hydrogens (tertiary/aromatic N) is 3. The first-order chi connectivity index (χ1) is 15.6. The van der Waals surface area contributed by atoms with Crippen LogP contribution in [0.1, 0.15) is 35.0 Å². The Labute approximate surface area is 189 Å². The average molecular weight is 447 g/mol. The summed E-state index contributed by atoms with van der Waals surface area (Å²) in [7, 11) is 0. The molecule has 1 unspecified atom stereocenters. The molecular weight excluding hydrogens is 424 g/mol. The van der Waals surface area contributed by atoms with Gasteiger partial charge in [-0.2, -0.15) is 0 Å². The molecule has 0 aliphatic carbocycles. The second kappa shape index (κ2) is 9.65. The molecule has 0 spiro atoms. The van der Waals surface area contributed by atoms with E-state index in [1.165, 1.54) is 18.7 Å². The minimum Gasteiger partial charge on any atom is -0.461 e. The Balaban J connectivity index is 1.65. The van der Waals surface area contributed by atoms with Crippen LogP contribution < -0.4 is 5.32 Å². The van der Waals surface area contributed by atoms with Crippen LogP contribution in [-0.4, -0.2) is 26.5 Å². The molecule has 0 saturated heterocycles. The first-order valence-corrected chi connectivity index (χ1v) is 11.1. The predicted octanol–water partition coefficient (Wildman–Crippen LogP) is 5.23. The molecule has 8 heteroatoms. The van der Waals surface area contributed by atoms with Crippen molar-refractivity contribution in [3.8, 4) is 11.6 Å². The normalized spacial score (nSPS) is 11.8. The van der Waals surface area contributed by atoms with Crippen LogP contribution in [0.2, 0.25) is 0 Å². The van der Waals surface area contributed by atoms with Crippen molar-refractivity contribution in [1.82, 2.24) is 14.8 Å². The summed E-state index contributed by atoms with van der Waals surface area (Å²) >= 11 is 1.32. The zero-order chi connectivity index (χ0) is 22.5. The van der Waals surface area contributed by atoms with Crippen molar-refractivity contribution in [2.45, 2.75) is 30.8 Å². The molecule has 0 bridgehead atoms. The summed E-state index contributed by atoms with van der Waals surface area (Å²) in [5.41, 5.74) is 1.95. The van der Waals surface area contributed by atoms with E-state index in [1.807, 2.05) is 47.9 Å². The van der Waals surface area contributed by atoms with Gasteiger partial charge in [-0.15, -0.1) is 10.2 Å². The lowest BCUT2D eigenvalue weighted by Crippen LogP contribution is -2.19. The lowest BCUT2D eigenvalue weighted by atomic mass is 10.1. The van der Waals surface area contributed by atoms with E-state index in [-0.39, 0.29) is 11.7 Å². The second-order valence-electron chi connectivity index (χ2n) is 7.06. The molecule has 2 aromatic heterocycles. The van der Waals surface area contributed by atoms with Gasteiger partial charge in [0.05, 0.1) is 6.26 Å². The van der Waals surface area contributed by atoms with Crippen LogP contribution >= 0.6 is 11.8 Å². The first kappa shape index (κ1) is 21.6. The predicted molar refractivity (Wildman–Crippen MR) is 124 cm³/mol. The summed E-state index contributed by atoms with van der Waals surface area (Å²) in [6.07, 6.45) is 1.59. The number of hydrogen-bond donors (Lipinski definition) is 1. The fourth-order valence-corrected chi connectivity index (χ4v) is 4.38. The van der Waals surface area contributed by atoms with Crippen LogP contribution in [0.25, 0.3) is 11.6 Å². The van der Waals surface area contributed by atoms with Crippen molar-refractivity contribution < 1.29 is 14.0 Å². The van der Waals surface area contributed by atoms with Gasteiger partial charge in [-0.1, -0.05) is 54.2 Å². The molecule has 4 rings (SSSR count). The highest BCUT2D eigenvalue weighted by molar-refractivity contribution is 8.00. The molecule has 0 fully saturated rings.